The number of ether oxygens (including phenoxy) is 1. The number of amides is 1. The number of esters is 1. The fourth-order valence-corrected chi connectivity index (χ4v) is 7.28. The van der Waals surface area contributed by atoms with Gasteiger partial charge >= 0.3 is 5.97 Å². The molecule has 52 heavy (non-hydrogen) atoms. The van der Waals surface area contributed by atoms with Gasteiger partial charge in [-0.25, -0.2) is 4.79 Å². The lowest BCUT2D eigenvalue weighted by Gasteiger charge is -2.35. The monoisotopic (exact) mass is 710 g/mol. The van der Waals surface area contributed by atoms with Gasteiger partial charge in [-0.3, -0.25) is 9.59 Å². The smallest absolute Gasteiger partial charge is 0.341 e. The molecule has 2 heterocycles. The molecule has 1 saturated heterocycles. The van der Waals surface area contributed by atoms with E-state index in [-0.39, 0.29) is 17.2 Å². The molecule has 4 aromatic rings. The molecule has 3 aromatic carbocycles. The number of unbranched alkanes of at least 4 members (excludes halogenated alkanes) is 6. The number of aromatic amines is 1. The van der Waals surface area contributed by atoms with E-state index in [1.54, 1.807) is 12.1 Å². The first kappa shape index (κ1) is 38.7. The number of likely N-dealkylation sites (tertiary alicyclic amines) is 1. The van der Waals surface area contributed by atoms with Gasteiger partial charge in [0.1, 0.15) is 5.75 Å². The molecule has 0 radical (unpaired) electrons. The van der Waals surface area contributed by atoms with Crippen molar-refractivity contribution in [3.8, 4) is 5.75 Å². The highest BCUT2D eigenvalue weighted by molar-refractivity contribution is 5.92. The zero-order valence-corrected chi connectivity index (χ0v) is 30.3. The van der Waals surface area contributed by atoms with E-state index in [4.69, 9.17) is 4.74 Å². The predicted molar refractivity (Wildman–Crippen MR) is 204 cm³/mol. The van der Waals surface area contributed by atoms with Crippen LogP contribution in [0.5, 0.6) is 5.75 Å². The molecule has 0 bridgehead atoms. The first-order valence-corrected chi connectivity index (χ1v) is 18.8. The van der Waals surface area contributed by atoms with Crippen LogP contribution in [0.1, 0.15) is 87.5 Å². The Hall–Kier alpha value is -4.51. The molecule has 0 saturated carbocycles. The number of nitrogens with one attached hydrogen (secondary N) is 3. The number of pyridine rings is 1. The van der Waals surface area contributed by atoms with Crippen molar-refractivity contribution in [2.45, 2.75) is 76.4 Å². The minimum absolute atomic E-state index is 0.00852. The Labute approximate surface area is 306 Å². The van der Waals surface area contributed by atoms with Crippen LogP contribution in [0.15, 0.2) is 89.7 Å². The van der Waals surface area contributed by atoms with Crippen LogP contribution in [0.3, 0.4) is 0 Å². The normalized spacial score (nSPS) is 14.7. The summed E-state index contributed by atoms with van der Waals surface area (Å²) in [5.74, 6) is -0.482. The number of fused-ring (bicyclic) bond motifs is 1. The van der Waals surface area contributed by atoms with Crippen molar-refractivity contribution in [3.05, 3.63) is 112 Å². The van der Waals surface area contributed by atoms with Crippen LogP contribution in [0.25, 0.3) is 10.9 Å². The van der Waals surface area contributed by atoms with Crippen LogP contribution in [0.4, 0.5) is 0 Å². The summed E-state index contributed by atoms with van der Waals surface area (Å²) < 4.78 is 6.00. The summed E-state index contributed by atoms with van der Waals surface area (Å²) in [7, 11) is 0. The van der Waals surface area contributed by atoms with E-state index in [1.165, 1.54) is 51.2 Å². The number of carbonyl (C=O) groups excluding carboxylic acids is 2. The standard InChI is InChI=1S/C42H54N4O6/c1-31(47)45-42(33-15-9-7-10-16-33,34-17-11-8-12-18-34)41(51)52-30-32-23-27-46(28-24-32)26-14-6-4-2-3-5-13-25-43-29-38(49)35-19-21-37(48)40-36(35)20-22-39(50)44-40/h7-12,15-22,32,38,43,48-49H,2-6,13-14,23-30H2,1H3,(H,44,50)(H,45,47)/t38-/m0/s1. The summed E-state index contributed by atoms with van der Waals surface area (Å²) in [4.78, 5) is 43.1. The molecule has 278 valence electrons. The molecule has 10 nitrogen and oxygen atoms in total. The van der Waals surface area contributed by atoms with Crippen LogP contribution in [-0.2, 0) is 19.9 Å². The van der Waals surface area contributed by atoms with E-state index in [9.17, 15) is 24.6 Å². The summed E-state index contributed by atoms with van der Waals surface area (Å²) in [6, 6.07) is 24.9. The van der Waals surface area contributed by atoms with Gasteiger partial charge in [-0.05, 0) is 86.6 Å². The number of phenolic OH excluding ortho intramolecular Hbond substituents is 1. The summed E-state index contributed by atoms with van der Waals surface area (Å²) >= 11 is 0. The fourth-order valence-electron chi connectivity index (χ4n) is 7.28. The van der Waals surface area contributed by atoms with Gasteiger partial charge in [0.05, 0.1) is 18.2 Å². The van der Waals surface area contributed by atoms with Crippen molar-refractivity contribution in [2.24, 2.45) is 5.92 Å². The molecule has 1 atom stereocenters. The molecule has 1 aliphatic rings. The summed E-state index contributed by atoms with van der Waals surface area (Å²) in [6.45, 7) is 6.09. The number of hydrogen-bond acceptors (Lipinski definition) is 8. The van der Waals surface area contributed by atoms with Crippen LogP contribution < -0.4 is 16.2 Å². The quantitative estimate of drug-likeness (QED) is 0.0596. The van der Waals surface area contributed by atoms with E-state index in [0.717, 1.165) is 51.9 Å². The third-order valence-corrected chi connectivity index (χ3v) is 10.2. The molecular formula is C42H54N4O6. The first-order valence-electron chi connectivity index (χ1n) is 18.8. The van der Waals surface area contributed by atoms with Crippen molar-refractivity contribution in [2.75, 3.05) is 39.3 Å². The molecule has 5 rings (SSSR count). The number of carbonyl (C=O) groups is 2. The molecule has 5 N–H and O–H groups in total. The Morgan fingerprint density at radius 2 is 1.48 bits per heavy atom. The van der Waals surface area contributed by atoms with E-state index in [1.807, 2.05) is 60.7 Å². The highest BCUT2D eigenvalue weighted by Gasteiger charge is 2.45. The number of H-pyrrole nitrogens is 1. The van der Waals surface area contributed by atoms with Crippen molar-refractivity contribution < 1.29 is 24.5 Å². The lowest BCUT2D eigenvalue weighted by molar-refractivity contribution is -0.154. The highest BCUT2D eigenvalue weighted by atomic mass is 16.5. The fraction of sp³-hybridized carbons (Fsp3) is 0.452. The average molecular weight is 711 g/mol. The van der Waals surface area contributed by atoms with Gasteiger partial charge in [0.25, 0.3) is 0 Å². The number of rotatable bonds is 19. The Balaban J connectivity index is 0.933. The minimum Gasteiger partial charge on any atom is -0.506 e. The molecule has 0 spiro atoms. The SMILES string of the molecule is CC(=O)NC(C(=O)OCC1CCN(CCCCCCCCCNC[C@H](O)c2ccc(O)c3[nH]c(=O)ccc23)CC1)(c1ccccc1)c1ccccc1. The number of nitrogens with zero attached hydrogens (tertiary/aromatic N) is 1. The van der Waals surface area contributed by atoms with E-state index >= 15 is 0 Å². The molecule has 1 amide bonds. The predicted octanol–water partition coefficient (Wildman–Crippen LogP) is 5.92. The number of benzene rings is 3. The lowest BCUT2D eigenvalue weighted by atomic mass is 9.82. The van der Waals surface area contributed by atoms with E-state index in [0.29, 0.717) is 46.7 Å². The average Bonchev–Trinajstić information content (AvgIpc) is 3.16. The topological polar surface area (TPSA) is 144 Å². The van der Waals surface area contributed by atoms with Gasteiger partial charge in [-0.15, -0.1) is 0 Å². The van der Waals surface area contributed by atoms with Gasteiger partial charge in [0.15, 0.2) is 5.54 Å². The van der Waals surface area contributed by atoms with Gasteiger partial charge in [-0.1, -0.05) is 98.8 Å². The maximum absolute atomic E-state index is 13.9. The maximum atomic E-state index is 13.9. The second kappa shape index (κ2) is 19.4. The Morgan fingerprint density at radius 3 is 2.12 bits per heavy atom. The number of aromatic hydroxyl groups is 1. The van der Waals surface area contributed by atoms with Crippen molar-refractivity contribution in [1.82, 2.24) is 20.5 Å². The van der Waals surface area contributed by atoms with E-state index in [2.05, 4.69) is 20.5 Å². The van der Waals surface area contributed by atoms with Gasteiger partial charge in [0, 0.05) is 24.9 Å². The molecule has 1 fully saturated rings. The van der Waals surface area contributed by atoms with Crippen molar-refractivity contribution in [1.29, 1.82) is 0 Å². The summed E-state index contributed by atoms with van der Waals surface area (Å²) in [5.41, 5.74) is 0.660. The van der Waals surface area contributed by atoms with E-state index < -0.39 is 17.6 Å². The van der Waals surface area contributed by atoms with Crippen LogP contribution in [0.2, 0.25) is 0 Å². The molecule has 10 heteroatoms. The summed E-state index contributed by atoms with van der Waals surface area (Å²) in [6.07, 6.45) is 9.47. The molecule has 1 aromatic heterocycles. The molecule has 0 unspecified atom stereocenters. The highest BCUT2D eigenvalue weighted by Crippen LogP contribution is 2.32. The Kier molecular flexibility index (Phi) is 14.4. The molecule has 0 aliphatic carbocycles. The third kappa shape index (κ3) is 10.3. The second-order valence-electron chi connectivity index (χ2n) is 14.0. The number of aliphatic hydroxyl groups excluding tert-OH is 1. The minimum atomic E-state index is -1.41. The zero-order valence-electron chi connectivity index (χ0n) is 30.3. The summed E-state index contributed by atoms with van der Waals surface area (Å²) in [5, 5.41) is 27.7. The number of aliphatic hydroxyl groups is 1. The number of piperidine rings is 1. The Bertz CT molecular complexity index is 1730. The number of hydrogen-bond donors (Lipinski definition) is 5. The largest absolute Gasteiger partial charge is 0.506 e. The first-order chi connectivity index (χ1) is 25.3. The molecular weight excluding hydrogens is 656 g/mol. The lowest BCUT2D eigenvalue weighted by Crippen LogP contribution is -2.53. The zero-order chi connectivity index (χ0) is 36.8. The Morgan fingerprint density at radius 1 is 0.865 bits per heavy atom. The van der Waals surface area contributed by atoms with Crippen LogP contribution in [0, 0.1) is 5.92 Å². The van der Waals surface area contributed by atoms with Crippen molar-refractivity contribution in [3.63, 3.8) is 0 Å². The number of aromatic nitrogens is 1. The molecule has 1 aliphatic heterocycles. The second-order valence-corrected chi connectivity index (χ2v) is 14.0. The van der Waals surface area contributed by atoms with Gasteiger partial charge < -0.3 is 35.5 Å². The van der Waals surface area contributed by atoms with Crippen LogP contribution in [-0.4, -0.2) is 71.3 Å². The number of phenols is 1. The third-order valence-electron chi connectivity index (χ3n) is 10.2. The maximum Gasteiger partial charge on any atom is 0.341 e. The van der Waals surface area contributed by atoms with Gasteiger partial charge in [0.2, 0.25) is 11.5 Å². The van der Waals surface area contributed by atoms with Gasteiger partial charge in [-0.2, -0.15) is 0 Å². The van der Waals surface area contributed by atoms with Crippen molar-refractivity contribution >= 4 is 22.8 Å². The van der Waals surface area contributed by atoms with Crippen LogP contribution >= 0.6 is 0 Å².